The highest BCUT2D eigenvalue weighted by molar-refractivity contribution is 7.99. The number of nitrogens with zero attached hydrogens (tertiary/aromatic N) is 3. The summed E-state index contributed by atoms with van der Waals surface area (Å²) in [6, 6.07) is 6.61. The molecule has 2 fully saturated rings. The van der Waals surface area contributed by atoms with Crippen molar-refractivity contribution in [3.8, 4) is 0 Å². The number of amides is 1. The van der Waals surface area contributed by atoms with Crippen molar-refractivity contribution in [1.29, 1.82) is 0 Å². The van der Waals surface area contributed by atoms with Gasteiger partial charge in [0.15, 0.2) is 5.16 Å². The molecule has 2 saturated carbocycles. The van der Waals surface area contributed by atoms with E-state index < -0.39 is 0 Å². The zero-order valence-electron chi connectivity index (χ0n) is 14.1. The maximum atomic E-state index is 12.3. The van der Waals surface area contributed by atoms with Crippen molar-refractivity contribution in [2.45, 2.75) is 56.6 Å². The minimum Gasteiger partial charge on any atom is -0.325 e. The molecule has 2 aliphatic carbocycles. The molecule has 2 aliphatic rings. The molecule has 24 heavy (non-hydrogen) atoms. The van der Waals surface area contributed by atoms with Crippen LogP contribution >= 0.6 is 11.8 Å². The predicted molar refractivity (Wildman–Crippen MR) is 95.5 cm³/mol. The summed E-state index contributed by atoms with van der Waals surface area (Å²) in [4.78, 5) is 12.3. The Balaban J connectivity index is 1.40. The molecular formula is C18H22N4OS. The maximum Gasteiger partial charge on any atom is 0.234 e. The lowest BCUT2D eigenvalue weighted by Gasteiger charge is -2.10. The fraction of sp³-hybridized carbons (Fsp3) is 0.500. The molecule has 1 aromatic heterocycles. The summed E-state index contributed by atoms with van der Waals surface area (Å²) < 4.78 is 2.28. The molecule has 0 unspecified atom stereocenters. The lowest BCUT2D eigenvalue weighted by molar-refractivity contribution is -0.113. The lowest BCUT2D eigenvalue weighted by Crippen LogP contribution is -2.15. The van der Waals surface area contributed by atoms with Crippen molar-refractivity contribution in [3.05, 3.63) is 35.2 Å². The Morgan fingerprint density at radius 3 is 2.71 bits per heavy atom. The van der Waals surface area contributed by atoms with Gasteiger partial charge in [-0.25, -0.2) is 0 Å². The molecule has 0 saturated heterocycles. The first-order valence-corrected chi connectivity index (χ1v) is 9.55. The first kappa shape index (κ1) is 15.7. The van der Waals surface area contributed by atoms with Gasteiger partial charge in [-0.2, -0.15) is 0 Å². The quantitative estimate of drug-likeness (QED) is 0.810. The van der Waals surface area contributed by atoms with E-state index in [1.807, 2.05) is 19.1 Å². The second-order valence-corrected chi connectivity index (χ2v) is 7.81. The van der Waals surface area contributed by atoms with Gasteiger partial charge in [-0.3, -0.25) is 4.79 Å². The number of hydrogen-bond donors (Lipinski definition) is 1. The number of carbonyl (C=O) groups is 1. The number of anilines is 1. The number of hydrogen-bond acceptors (Lipinski definition) is 4. The maximum absolute atomic E-state index is 12.3. The Labute approximate surface area is 146 Å². The summed E-state index contributed by atoms with van der Waals surface area (Å²) in [5.74, 6) is 2.10. The van der Waals surface area contributed by atoms with Crippen molar-refractivity contribution in [3.63, 3.8) is 0 Å². The van der Waals surface area contributed by atoms with Gasteiger partial charge in [0.2, 0.25) is 5.91 Å². The van der Waals surface area contributed by atoms with Crippen molar-refractivity contribution < 1.29 is 4.79 Å². The average Bonchev–Trinajstić information content (AvgIpc) is 3.47. The van der Waals surface area contributed by atoms with E-state index in [0.29, 0.717) is 17.7 Å². The largest absolute Gasteiger partial charge is 0.325 e. The van der Waals surface area contributed by atoms with Crippen LogP contribution in [0.2, 0.25) is 0 Å². The summed E-state index contributed by atoms with van der Waals surface area (Å²) in [6.45, 7) is 4.07. The zero-order chi connectivity index (χ0) is 16.7. The Hall–Kier alpha value is -1.82. The molecule has 1 N–H and O–H groups in total. The third-order valence-corrected chi connectivity index (χ3v) is 5.48. The van der Waals surface area contributed by atoms with Gasteiger partial charge in [0.1, 0.15) is 5.82 Å². The van der Waals surface area contributed by atoms with Crippen molar-refractivity contribution in [1.82, 2.24) is 14.8 Å². The SMILES string of the molecule is Cc1ccc(NC(=O)CSc2nnc(C3CC3)n2C2CC2)c(C)c1. The highest BCUT2D eigenvalue weighted by Gasteiger charge is 2.36. The molecule has 0 spiro atoms. The van der Waals surface area contributed by atoms with E-state index in [1.165, 1.54) is 43.0 Å². The van der Waals surface area contributed by atoms with E-state index in [0.717, 1.165) is 22.2 Å². The van der Waals surface area contributed by atoms with Crippen molar-refractivity contribution in [2.24, 2.45) is 0 Å². The number of aromatic nitrogens is 3. The van der Waals surface area contributed by atoms with Crippen LogP contribution < -0.4 is 5.32 Å². The molecular weight excluding hydrogens is 320 g/mol. The van der Waals surface area contributed by atoms with Crippen LogP contribution in [0, 0.1) is 13.8 Å². The highest BCUT2D eigenvalue weighted by atomic mass is 32.2. The van der Waals surface area contributed by atoms with E-state index in [4.69, 9.17) is 0 Å². The smallest absolute Gasteiger partial charge is 0.234 e. The minimum atomic E-state index is 0.00488. The van der Waals surface area contributed by atoms with Crippen LogP contribution in [0.3, 0.4) is 0 Å². The van der Waals surface area contributed by atoms with Gasteiger partial charge in [0.25, 0.3) is 0 Å². The van der Waals surface area contributed by atoms with Crippen LogP contribution in [0.4, 0.5) is 5.69 Å². The normalized spacial score (nSPS) is 17.1. The van der Waals surface area contributed by atoms with Crippen LogP contribution in [-0.2, 0) is 4.79 Å². The van der Waals surface area contributed by atoms with Crippen LogP contribution in [0.25, 0.3) is 0 Å². The molecule has 1 aromatic carbocycles. The van der Waals surface area contributed by atoms with Crippen LogP contribution in [0.1, 0.15) is 54.6 Å². The Bertz CT molecular complexity index is 777. The average molecular weight is 342 g/mol. The molecule has 126 valence electrons. The number of thioether (sulfide) groups is 1. The van der Waals surface area contributed by atoms with E-state index in [1.54, 1.807) is 0 Å². The number of rotatable bonds is 6. The molecule has 4 rings (SSSR count). The van der Waals surface area contributed by atoms with E-state index in [2.05, 4.69) is 33.1 Å². The van der Waals surface area contributed by atoms with Gasteiger partial charge < -0.3 is 9.88 Å². The van der Waals surface area contributed by atoms with E-state index >= 15 is 0 Å². The molecule has 0 atom stereocenters. The van der Waals surface area contributed by atoms with Crippen molar-refractivity contribution in [2.75, 3.05) is 11.1 Å². The molecule has 2 aromatic rings. The van der Waals surface area contributed by atoms with Gasteiger partial charge >= 0.3 is 0 Å². The second kappa shape index (κ2) is 6.24. The summed E-state index contributed by atoms with van der Waals surface area (Å²) >= 11 is 1.50. The summed E-state index contributed by atoms with van der Waals surface area (Å²) in [7, 11) is 0. The Morgan fingerprint density at radius 2 is 2.04 bits per heavy atom. The van der Waals surface area contributed by atoms with Crippen molar-refractivity contribution >= 4 is 23.4 Å². The summed E-state index contributed by atoms with van der Waals surface area (Å²) in [5, 5.41) is 12.6. The summed E-state index contributed by atoms with van der Waals surface area (Å²) in [5.41, 5.74) is 3.17. The van der Waals surface area contributed by atoms with Crippen LogP contribution in [0.5, 0.6) is 0 Å². The van der Waals surface area contributed by atoms with Gasteiger partial charge in [0, 0.05) is 17.6 Å². The van der Waals surface area contributed by atoms with Crippen LogP contribution in [-0.4, -0.2) is 26.4 Å². The first-order chi connectivity index (χ1) is 11.6. The topological polar surface area (TPSA) is 59.8 Å². The number of aryl methyl sites for hydroxylation is 2. The molecule has 6 heteroatoms. The highest BCUT2D eigenvalue weighted by Crippen LogP contribution is 2.45. The first-order valence-electron chi connectivity index (χ1n) is 8.56. The van der Waals surface area contributed by atoms with Gasteiger partial charge in [-0.05, 0) is 51.2 Å². The molecule has 1 amide bonds. The minimum absolute atomic E-state index is 0.00488. The third kappa shape index (κ3) is 3.34. The fourth-order valence-corrected chi connectivity index (χ4v) is 3.77. The van der Waals surface area contributed by atoms with E-state index in [9.17, 15) is 4.79 Å². The predicted octanol–water partition coefficient (Wildman–Crippen LogP) is 3.84. The zero-order valence-corrected chi connectivity index (χ0v) is 14.9. The monoisotopic (exact) mass is 342 g/mol. The van der Waals surface area contributed by atoms with Gasteiger partial charge in [-0.15, -0.1) is 10.2 Å². The molecule has 5 nitrogen and oxygen atoms in total. The van der Waals surface area contributed by atoms with Gasteiger partial charge in [0.05, 0.1) is 5.75 Å². The number of nitrogens with one attached hydrogen (secondary N) is 1. The standard InChI is InChI=1S/C18H22N4OS/c1-11-3-8-15(12(2)9-11)19-16(23)10-24-18-21-20-17(13-4-5-13)22(18)14-6-7-14/h3,8-9,13-14H,4-7,10H2,1-2H3,(H,19,23). The number of benzene rings is 1. The molecule has 0 aliphatic heterocycles. The van der Waals surface area contributed by atoms with Gasteiger partial charge in [-0.1, -0.05) is 29.5 Å². The Kier molecular flexibility index (Phi) is 4.08. The molecule has 0 bridgehead atoms. The van der Waals surface area contributed by atoms with Crippen LogP contribution in [0.15, 0.2) is 23.4 Å². The lowest BCUT2D eigenvalue weighted by atomic mass is 10.1. The Morgan fingerprint density at radius 1 is 1.25 bits per heavy atom. The molecule has 1 heterocycles. The number of carbonyl (C=O) groups excluding carboxylic acids is 1. The van der Waals surface area contributed by atoms with E-state index in [-0.39, 0.29) is 5.91 Å². The fourth-order valence-electron chi connectivity index (χ4n) is 2.95. The summed E-state index contributed by atoms with van der Waals surface area (Å²) in [6.07, 6.45) is 4.87. The molecule has 0 radical (unpaired) electrons. The third-order valence-electron chi connectivity index (χ3n) is 4.53. The second-order valence-electron chi connectivity index (χ2n) is 6.87.